The third-order valence-corrected chi connectivity index (χ3v) is 4.82. The third-order valence-electron chi connectivity index (χ3n) is 3.87. The average molecular weight is 380 g/mol. The topological polar surface area (TPSA) is 139 Å². The first-order valence-corrected chi connectivity index (χ1v) is 8.82. The predicted molar refractivity (Wildman–Crippen MR) is 91.5 cm³/mol. The number of primary amides is 1. The number of carbonyl (C=O) groups excluding carboxylic acids is 1. The summed E-state index contributed by atoms with van der Waals surface area (Å²) in [4.78, 5) is 15.1. The highest BCUT2D eigenvalue weighted by Gasteiger charge is 2.25. The van der Waals surface area contributed by atoms with E-state index in [1.165, 1.54) is 23.9 Å². The normalized spacial score (nSPS) is 16.4. The molecule has 11 heteroatoms. The molecule has 1 atom stereocenters. The van der Waals surface area contributed by atoms with Crippen LogP contribution >= 0.6 is 11.8 Å². The van der Waals surface area contributed by atoms with Crippen molar-refractivity contribution in [3.05, 3.63) is 40.8 Å². The number of halogens is 1. The number of nitrogens with zero attached hydrogens (tertiary/aromatic N) is 3. The lowest BCUT2D eigenvalue weighted by Gasteiger charge is -2.09. The first-order valence-electron chi connectivity index (χ1n) is 7.83. The van der Waals surface area contributed by atoms with Crippen LogP contribution in [0.5, 0.6) is 0 Å². The molecule has 1 aliphatic rings. The van der Waals surface area contributed by atoms with Gasteiger partial charge in [-0.2, -0.15) is 0 Å². The molecule has 1 aromatic carbocycles. The zero-order chi connectivity index (χ0) is 18.5. The second-order valence-corrected chi connectivity index (χ2v) is 6.63. The molecule has 138 valence electrons. The summed E-state index contributed by atoms with van der Waals surface area (Å²) in [5.41, 5.74) is 9.07. The van der Waals surface area contributed by atoms with Crippen molar-refractivity contribution >= 4 is 23.6 Å². The molecule has 1 heterocycles. The van der Waals surface area contributed by atoms with Gasteiger partial charge < -0.3 is 11.1 Å². The Morgan fingerprint density at radius 1 is 1.50 bits per heavy atom. The number of aryl methyl sites for hydroxylation is 1. The van der Waals surface area contributed by atoms with Crippen LogP contribution < -0.4 is 16.5 Å². The molecular weight excluding hydrogens is 363 g/mol. The summed E-state index contributed by atoms with van der Waals surface area (Å²) in [5.74, 6) is 0.227. The van der Waals surface area contributed by atoms with Gasteiger partial charge in [-0.05, 0) is 46.4 Å². The van der Waals surface area contributed by atoms with E-state index in [9.17, 15) is 14.4 Å². The molecule has 9 nitrogen and oxygen atoms in total. The molecule has 0 bridgehead atoms. The molecule has 0 spiro atoms. The number of carbonyl (C=O) groups is 1. The number of nitrogens with one attached hydrogen (secondary N) is 2. The Morgan fingerprint density at radius 3 is 3.12 bits per heavy atom. The molecule has 1 aromatic heterocycles. The van der Waals surface area contributed by atoms with Crippen molar-refractivity contribution in [3.63, 3.8) is 0 Å². The van der Waals surface area contributed by atoms with Crippen LogP contribution in [-0.2, 0) is 6.42 Å². The van der Waals surface area contributed by atoms with E-state index in [1.807, 2.05) is 5.48 Å². The maximum absolute atomic E-state index is 13.5. The van der Waals surface area contributed by atoms with Crippen molar-refractivity contribution in [2.45, 2.75) is 23.9 Å². The van der Waals surface area contributed by atoms with Gasteiger partial charge in [-0.25, -0.2) is 13.8 Å². The summed E-state index contributed by atoms with van der Waals surface area (Å²) >= 11 is 1.26. The molecule has 0 saturated heterocycles. The second kappa shape index (κ2) is 8.15. The molecule has 2 amide bonds. The summed E-state index contributed by atoms with van der Waals surface area (Å²) in [6.07, 6.45) is 1.47. The number of nitrogens with two attached hydrogens (primary N) is 1. The van der Waals surface area contributed by atoms with E-state index in [-0.39, 0.29) is 23.4 Å². The van der Waals surface area contributed by atoms with Crippen molar-refractivity contribution in [2.24, 2.45) is 10.7 Å². The van der Waals surface area contributed by atoms with Gasteiger partial charge in [-0.15, -0.1) is 0 Å². The van der Waals surface area contributed by atoms with Crippen LogP contribution in [0.2, 0.25) is 0 Å². The van der Waals surface area contributed by atoms with Gasteiger partial charge in [0, 0.05) is 12.3 Å². The average Bonchev–Trinajstić information content (AvgIpc) is 3.23. The van der Waals surface area contributed by atoms with Crippen molar-refractivity contribution in [2.75, 3.05) is 12.3 Å². The molecular formula is C15H17FN6O3S. The highest BCUT2D eigenvalue weighted by Crippen LogP contribution is 2.35. The van der Waals surface area contributed by atoms with Crippen LogP contribution in [0.3, 0.4) is 0 Å². The van der Waals surface area contributed by atoms with E-state index >= 15 is 0 Å². The van der Waals surface area contributed by atoms with Gasteiger partial charge >= 0.3 is 6.03 Å². The van der Waals surface area contributed by atoms with Crippen LogP contribution in [0, 0.1) is 5.82 Å². The Balaban J connectivity index is 1.76. The molecule has 5 N–H and O–H groups in total. The van der Waals surface area contributed by atoms with Gasteiger partial charge in [-0.3, -0.25) is 15.7 Å². The molecule has 3 rings (SSSR count). The zero-order valence-corrected chi connectivity index (χ0v) is 14.4. The first-order chi connectivity index (χ1) is 12.6. The molecule has 0 aliphatic heterocycles. The lowest BCUT2D eigenvalue weighted by Crippen LogP contribution is -2.31. The number of hydrogen-bond donors (Lipinski definition) is 4. The third kappa shape index (κ3) is 4.11. The summed E-state index contributed by atoms with van der Waals surface area (Å²) in [6, 6.07) is 3.71. The van der Waals surface area contributed by atoms with Crippen LogP contribution in [0.15, 0.2) is 32.8 Å². The van der Waals surface area contributed by atoms with Crippen molar-refractivity contribution < 1.29 is 19.0 Å². The monoisotopic (exact) mass is 380 g/mol. The molecule has 0 fully saturated rings. The second-order valence-electron chi connectivity index (χ2n) is 5.54. The highest BCUT2D eigenvalue weighted by molar-refractivity contribution is 7.99. The van der Waals surface area contributed by atoms with Crippen LogP contribution in [0.25, 0.3) is 0 Å². The Kier molecular flexibility index (Phi) is 5.68. The number of rotatable bonds is 6. The number of hydroxylamine groups is 1. The van der Waals surface area contributed by atoms with E-state index in [0.29, 0.717) is 23.7 Å². The van der Waals surface area contributed by atoms with E-state index in [1.54, 1.807) is 6.07 Å². The molecule has 1 unspecified atom stereocenters. The molecule has 2 aromatic rings. The van der Waals surface area contributed by atoms with E-state index in [0.717, 1.165) is 17.5 Å². The van der Waals surface area contributed by atoms with E-state index in [2.05, 4.69) is 20.6 Å². The predicted octanol–water partition coefficient (Wildman–Crippen LogP) is 1.38. The van der Waals surface area contributed by atoms with Crippen molar-refractivity contribution in [1.29, 1.82) is 0 Å². The maximum atomic E-state index is 13.5. The Morgan fingerprint density at radius 2 is 2.35 bits per heavy atom. The molecule has 0 saturated carbocycles. The number of thioether (sulfide) groups is 1. The highest BCUT2D eigenvalue weighted by atomic mass is 32.2. The fourth-order valence-corrected chi connectivity index (χ4v) is 3.48. The molecule has 1 aliphatic carbocycles. The Labute approximate surface area is 152 Å². The smallest absolute Gasteiger partial charge is 0.312 e. The Hall–Kier alpha value is -2.66. The number of hydrogen-bond acceptors (Lipinski definition) is 7. The minimum Gasteiger partial charge on any atom is -0.352 e. The Bertz CT molecular complexity index is 827. The molecule has 0 radical (unpaired) electrons. The number of amidine groups is 1. The van der Waals surface area contributed by atoms with Gasteiger partial charge in [0.1, 0.15) is 5.82 Å². The van der Waals surface area contributed by atoms with Gasteiger partial charge in [-0.1, -0.05) is 17.8 Å². The van der Waals surface area contributed by atoms with Crippen molar-refractivity contribution in [3.8, 4) is 0 Å². The van der Waals surface area contributed by atoms with Gasteiger partial charge in [0.15, 0.2) is 16.6 Å². The number of aliphatic imine (C=N–C) groups is 1. The SMILES string of the molecule is NC(=O)NCCSc1nonc1C(=NC1CCc2ccc(F)cc21)NO. The summed E-state index contributed by atoms with van der Waals surface area (Å²) < 4.78 is 18.3. The molecule has 26 heavy (non-hydrogen) atoms. The number of amides is 2. The summed E-state index contributed by atoms with van der Waals surface area (Å²) in [6.45, 7) is 0.334. The van der Waals surface area contributed by atoms with Gasteiger partial charge in [0.2, 0.25) is 0 Å². The lowest BCUT2D eigenvalue weighted by atomic mass is 10.1. The van der Waals surface area contributed by atoms with E-state index < -0.39 is 6.03 Å². The van der Waals surface area contributed by atoms with Crippen LogP contribution in [0.4, 0.5) is 9.18 Å². The summed E-state index contributed by atoms with van der Waals surface area (Å²) in [5, 5.41) is 19.9. The maximum Gasteiger partial charge on any atom is 0.312 e. The van der Waals surface area contributed by atoms with Crippen LogP contribution in [-0.4, -0.2) is 39.7 Å². The quantitative estimate of drug-likeness (QED) is 0.195. The number of aromatic nitrogens is 2. The first kappa shape index (κ1) is 18.1. The number of fused-ring (bicyclic) bond motifs is 1. The number of urea groups is 1. The van der Waals surface area contributed by atoms with Crippen molar-refractivity contribution in [1.82, 2.24) is 21.1 Å². The standard InChI is InChI=1S/C15H17FN6O3S/c16-9-3-1-8-2-4-11(10(8)7-9)19-13(20-24)12-14(22-25-21-12)26-6-5-18-15(17)23/h1,3,7,11,24H,2,4-6H2,(H,19,20)(H3,17,18,23). The van der Waals surface area contributed by atoms with E-state index in [4.69, 9.17) is 10.4 Å². The van der Waals surface area contributed by atoms with Crippen LogP contribution in [0.1, 0.15) is 29.3 Å². The van der Waals surface area contributed by atoms with Gasteiger partial charge in [0.05, 0.1) is 6.04 Å². The minimum absolute atomic E-state index is 0.0821. The number of benzene rings is 1. The minimum atomic E-state index is -0.615. The fourth-order valence-electron chi connectivity index (χ4n) is 2.73. The van der Waals surface area contributed by atoms with Gasteiger partial charge in [0.25, 0.3) is 0 Å². The lowest BCUT2D eigenvalue weighted by molar-refractivity contribution is 0.233. The zero-order valence-electron chi connectivity index (χ0n) is 13.6. The largest absolute Gasteiger partial charge is 0.352 e. The summed E-state index contributed by atoms with van der Waals surface area (Å²) in [7, 11) is 0. The fraction of sp³-hybridized carbons (Fsp3) is 0.333.